The van der Waals surface area contributed by atoms with Crippen molar-refractivity contribution in [2.24, 2.45) is 0 Å². The van der Waals surface area contributed by atoms with Gasteiger partial charge < -0.3 is 28.4 Å². The Hall–Kier alpha value is -2.69. The molecule has 0 aromatic carbocycles. The van der Waals surface area contributed by atoms with E-state index >= 15 is 0 Å². The number of rotatable bonds is 7. The molecule has 32 heavy (non-hydrogen) atoms. The lowest BCUT2D eigenvalue weighted by molar-refractivity contribution is -0.259. The number of carbonyl (C=O) groups is 5. The minimum atomic E-state index is -1.43. The number of unbranched alkanes of at least 4 members (excludes halogenated alkanes) is 1. The summed E-state index contributed by atoms with van der Waals surface area (Å²) in [7, 11) is 1.24. The van der Waals surface area contributed by atoms with E-state index in [1.807, 2.05) is 0 Å². The maximum Gasteiger partial charge on any atom is 0.303 e. The fraction of sp³-hybridized carbons (Fsp3) is 0.762. The second kappa shape index (κ2) is 14.4. The average molecular weight is 462 g/mol. The van der Waals surface area contributed by atoms with Crippen LogP contribution in [0.25, 0.3) is 0 Å². The molecular formula is C21H34O11. The number of esters is 5. The van der Waals surface area contributed by atoms with Crippen LogP contribution < -0.4 is 0 Å². The highest BCUT2D eigenvalue weighted by Gasteiger charge is 2.59. The van der Waals surface area contributed by atoms with Crippen LogP contribution in [0, 0.1) is 0 Å². The summed E-state index contributed by atoms with van der Waals surface area (Å²) in [6, 6.07) is 0. The second-order valence-corrected chi connectivity index (χ2v) is 7.07. The van der Waals surface area contributed by atoms with E-state index in [2.05, 4.69) is 13.8 Å². The van der Waals surface area contributed by atoms with Gasteiger partial charge in [0.05, 0.1) is 0 Å². The minimum Gasteiger partial charge on any atom is -0.455 e. The van der Waals surface area contributed by atoms with Crippen LogP contribution in [0.1, 0.15) is 61.3 Å². The van der Waals surface area contributed by atoms with Crippen LogP contribution >= 0.6 is 0 Å². The molecule has 1 aliphatic rings. The topological polar surface area (TPSA) is 141 Å². The Morgan fingerprint density at radius 2 is 0.656 bits per heavy atom. The van der Waals surface area contributed by atoms with E-state index in [9.17, 15) is 24.0 Å². The molecule has 184 valence electrons. The Labute approximate surface area is 188 Å². The zero-order valence-corrected chi connectivity index (χ0v) is 19.9. The molecule has 11 nitrogen and oxygen atoms in total. The van der Waals surface area contributed by atoms with Gasteiger partial charge in [-0.2, -0.15) is 0 Å². The fourth-order valence-corrected chi connectivity index (χ4v) is 3.02. The fourth-order valence-electron chi connectivity index (χ4n) is 3.02. The lowest BCUT2D eigenvalue weighted by Crippen LogP contribution is -2.68. The SMILES string of the molecule is CCCC.COC1[C@@H](OC(C)=O)[C@H](OC(C)=O)C(OC(C)=O)[C@H](OC(C)=O)[C@H]1OC(C)=O. The normalized spacial score (nSPS) is 26.5. The van der Waals surface area contributed by atoms with E-state index in [1.165, 1.54) is 20.0 Å². The number of hydrogen-bond donors (Lipinski definition) is 0. The highest BCUT2D eigenvalue weighted by molar-refractivity contribution is 5.70. The van der Waals surface area contributed by atoms with E-state index in [1.54, 1.807) is 0 Å². The van der Waals surface area contributed by atoms with Gasteiger partial charge in [0.1, 0.15) is 6.10 Å². The van der Waals surface area contributed by atoms with Crippen molar-refractivity contribution in [2.75, 3.05) is 7.11 Å². The molecule has 11 heteroatoms. The molecule has 0 heterocycles. The molecule has 0 saturated heterocycles. The number of carbonyl (C=O) groups excluding carboxylic acids is 5. The smallest absolute Gasteiger partial charge is 0.303 e. The van der Waals surface area contributed by atoms with Gasteiger partial charge in [-0.25, -0.2) is 0 Å². The van der Waals surface area contributed by atoms with Crippen molar-refractivity contribution in [3.05, 3.63) is 0 Å². The summed E-state index contributed by atoms with van der Waals surface area (Å²) in [5.41, 5.74) is 0. The maximum absolute atomic E-state index is 11.6. The third kappa shape index (κ3) is 9.63. The number of methoxy groups -OCH3 is 1. The van der Waals surface area contributed by atoms with Crippen LogP contribution in [0.2, 0.25) is 0 Å². The van der Waals surface area contributed by atoms with Crippen LogP contribution in [0.15, 0.2) is 0 Å². The summed E-state index contributed by atoms with van der Waals surface area (Å²) in [4.78, 5) is 58.1. The summed E-state index contributed by atoms with van der Waals surface area (Å²) >= 11 is 0. The van der Waals surface area contributed by atoms with Crippen molar-refractivity contribution in [1.29, 1.82) is 0 Å². The maximum atomic E-state index is 11.6. The lowest BCUT2D eigenvalue weighted by Gasteiger charge is -2.46. The highest BCUT2D eigenvalue weighted by Crippen LogP contribution is 2.34. The van der Waals surface area contributed by atoms with Crippen LogP contribution in [0.3, 0.4) is 0 Å². The van der Waals surface area contributed by atoms with Gasteiger partial charge in [0.15, 0.2) is 30.5 Å². The Balaban J connectivity index is 0.00000220. The van der Waals surface area contributed by atoms with E-state index in [-0.39, 0.29) is 0 Å². The van der Waals surface area contributed by atoms with Crippen LogP contribution in [-0.2, 0) is 52.4 Å². The molecule has 0 radical (unpaired) electrons. The molecule has 0 bridgehead atoms. The molecule has 0 aromatic rings. The second-order valence-electron chi connectivity index (χ2n) is 7.07. The van der Waals surface area contributed by atoms with E-state index < -0.39 is 66.5 Å². The lowest BCUT2D eigenvalue weighted by atomic mass is 9.83. The summed E-state index contributed by atoms with van der Waals surface area (Å²) < 4.78 is 31.4. The monoisotopic (exact) mass is 462 g/mol. The summed E-state index contributed by atoms with van der Waals surface area (Å²) in [6.45, 7) is 9.85. The van der Waals surface area contributed by atoms with Crippen molar-refractivity contribution >= 4 is 29.8 Å². The molecule has 0 amide bonds. The molecule has 0 N–H and O–H groups in total. The number of hydrogen-bond acceptors (Lipinski definition) is 11. The molecule has 0 aliphatic heterocycles. The molecule has 6 atom stereocenters. The molecule has 1 fully saturated rings. The first-order valence-corrected chi connectivity index (χ1v) is 10.3. The quantitative estimate of drug-likeness (QED) is 0.401. The van der Waals surface area contributed by atoms with Crippen LogP contribution in [0.5, 0.6) is 0 Å². The summed E-state index contributed by atoms with van der Waals surface area (Å²) in [5, 5.41) is 0. The zero-order valence-electron chi connectivity index (χ0n) is 19.9. The van der Waals surface area contributed by atoms with Crippen LogP contribution in [-0.4, -0.2) is 73.6 Å². The molecule has 1 saturated carbocycles. The zero-order chi connectivity index (χ0) is 25.0. The molecular weight excluding hydrogens is 428 g/mol. The van der Waals surface area contributed by atoms with Gasteiger partial charge >= 0.3 is 29.8 Å². The molecule has 0 spiro atoms. The molecule has 0 aromatic heterocycles. The minimum absolute atomic E-state index is 0.752. The van der Waals surface area contributed by atoms with Gasteiger partial charge in [0.2, 0.25) is 0 Å². The first-order chi connectivity index (χ1) is 14.9. The van der Waals surface area contributed by atoms with Crippen molar-refractivity contribution in [1.82, 2.24) is 0 Å². The third-order valence-electron chi connectivity index (χ3n) is 4.23. The van der Waals surface area contributed by atoms with Gasteiger partial charge in [0, 0.05) is 41.7 Å². The Bertz CT molecular complexity index is 614. The predicted molar refractivity (Wildman–Crippen MR) is 109 cm³/mol. The number of ether oxygens (including phenoxy) is 6. The first kappa shape index (κ1) is 29.3. The van der Waals surface area contributed by atoms with E-state index in [0.717, 1.165) is 34.6 Å². The van der Waals surface area contributed by atoms with Crippen molar-refractivity contribution in [3.8, 4) is 0 Å². The van der Waals surface area contributed by atoms with Crippen molar-refractivity contribution in [2.45, 2.75) is 97.9 Å². The Kier molecular flexibility index (Phi) is 13.2. The third-order valence-corrected chi connectivity index (χ3v) is 4.23. The summed E-state index contributed by atoms with van der Waals surface area (Å²) in [5.74, 6) is -3.85. The van der Waals surface area contributed by atoms with Gasteiger partial charge in [0.25, 0.3) is 0 Å². The van der Waals surface area contributed by atoms with Crippen LogP contribution in [0.4, 0.5) is 0 Å². The standard InChI is InChI=1S/C17H24O11.C4H10/c1-7(18)24-13-12(23-6)14(25-8(2)19)16(27-10(4)21)17(28-11(5)22)15(13)26-9(3)20;1-3-4-2/h12-17H,1-6H3;3-4H2,1-2H3/t12?,13-,14+,15+,16-,17?;. The van der Waals surface area contributed by atoms with Gasteiger partial charge in [-0.05, 0) is 0 Å². The molecule has 2 unspecified atom stereocenters. The van der Waals surface area contributed by atoms with Gasteiger partial charge in [-0.3, -0.25) is 24.0 Å². The van der Waals surface area contributed by atoms with E-state index in [4.69, 9.17) is 28.4 Å². The summed E-state index contributed by atoms with van der Waals surface area (Å²) in [6.07, 6.45) is -5.37. The first-order valence-electron chi connectivity index (χ1n) is 10.3. The molecule has 1 rings (SSSR count). The Morgan fingerprint density at radius 1 is 0.469 bits per heavy atom. The largest absolute Gasteiger partial charge is 0.455 e. The van der Waals surface area contributed by atoms with Gasteiger partial charge in [-0.1, -0.05) is 26.7 Å². The average Bonchev–Trinajstić information content (AvgIpc) is 2.66. The highest BCUT2D eigenvalue weighted by atomic mass is 16.7. The predicted octanol–water partition coefficient (Wildman–Crippen LogP) is 1.48. The van der Waals surface area contributed by atoms with Crippen molar-refractivity contribution < 1.29 is 52.4 Å². The van der Waals surface area contributed by atoms with E-state index in [0.29, 0.717) is 0 Å². The molecule has 1 aliphatic carbocycles. The van der Waals surface area contributed by atoms with Crippen molar-refractivity contribution in [3.63, 3.8) is 0 Å². The Morgan fingerprint density at radius 3 is 0.781 bits per heavy atom. The van der Waals surface area contributed by atoms with Gasteiger partial charge in [-0.15, -0.1) is 0 Å².